The fourth-order valence-corrected chi connectivity index (χ4v) is 3.45. The van der Waals surface area contributed by atoms with Crippen LogP contribution >= 0.6 is 0 Å². The van der Waals surface area contributed by atoms with Crippen LogP contribution in [0.1, 0.15) is 22.3 Å². The molecule has 2 nitrogen and oxygen atoms in total. The Labute approximate surface area is 145 Å². The fraction of sp³-hybridized carbons (Fsp3) is 0.286. The molecule has 0 fully saturated rings. The molecule has 2 aromatic rings. The van der Waals surface area contributed by atoms with Crippen LogP contribution in [0.2, 0.25) is 25.7 Å². The minimum atomic E-state index is -1.53. The highest BCUT2D eigenvalue weighted by Crippen LogP contribution is 2.30. The summed E-state index contributed by atoms with van der Waals surface area (Å²) in [6.07, 6.45) is 4.35. The highest BCUT2D eigenvalue weighted by molar-refractivity contribution is 6.76. The van der Waals surface area contributed by atoms with Crippen LogP contribution in [-0.4, -0.2) is 19.0 Å². The van der Waals surface area contributed by atoms with Gasteiger partial charge in [-0.1, -0.05) is 92.5 Å². The van der Waals surface area contributed by atoms with Crippen molar-refractivity contribution in [3.05, 3.63) is 83.9 Å². The van der Waals surface area contributed by atoms with E-state index in [1.54, 1.807) is 12.1 Å². The molecule has 0 aliphatic rings. The van der Waals surface area contributed by atoms with Gasteiger partial charge in [0, 0.05) is 20.1 Å². The Bertz CT molecular complexity index is 687. The largest absolute Gasteiger partial charge is 0.377 e. The lowest BCUT2D eigenvalue weighted by Gasteiger charge is -2.26. The standard InChI is InChI=1S/C21H26O2Si/c1-24(2,3)17-11-10-16-21(23,19-14-8-5-9-15-19)20(22)18-12-6-4-7-13-18/h4-15,23H,16-17H2,1-3H3/b11-10+. The molecular formula is C21H26O2Si. The average Bonchev–Trinajstić information content (AvgIpc) is 2.58. The summed E-state index contributed by atoms with van der Waals surface area (Å²) in [6, 6.07) is 19.3. The number of carbonyl (C=O) groups is 1. The monoisotopic (exact) mass is 338 g/mol. The molecule has 1 atom stereocenters. The van der Waals surface area contributed by atoms with Crippen LogP contribution < -0.4 is 0 Å². The Kier molecular flexibility index (Phi) is 5.92. The average molecular weight is 339 g/mol. The zero-order valence-electron chi connectivity index (χ0n) is 14.7. The molecule has 2 rings (SSSR count). The number of benzene rings is 2. The summed E-state index contributed by atoms with van der Waals surface area (Å²) in [4.78, 5) is 13.0. The zero-order chi connectivity index (χ0) is 17.6. The van der Waals surface area contributed by atoms with Gasteiger partial charge in [0.2, 0.25) is 0 Å². The van der Waals surface area contributed by atoms with Crippen LogP contribution in [-0.2, 0) is 5.60 Å². The van der Waals surface area contributed by atoms with E-state index in [1.807, 2.05) is 54.6 Å². The van der Waals surface area contributed by atoms with Crippen molar-refractivity contribution in [2.75, 3.05) is 0 Å². The lowest BCUT2D eigenvalue weighted by Crippen LogP contribution is -2.35. The molecule has 2 aromatic carbocycles. The quantitative estimate of drug-likeness (QED) is 0.436. The van der Waals surface area contributed by atoms with Crippen molar-refractivity contribution < 1.29 is 9.90 Å². The second-order valence-corrected chi connectivity index (χ2v) is 12.9. The molecule has 126 valence electrons. The first-order valence-corrected chi connectivity index (χ1v) is 12.1. The predicted octanol–water partition coefficient (Wildman–Crippen LogP) is 5.04. The third-order valence-corrected chi connectivity index (χ3v) is 5.43. The van der Waals surface area contributed by atoms with Gasteiger partial charge in [0.15, 0.2) is 11.4 Å². The van der Waals surface area contributed by atoms with Crippen LogP contribution in [0.25, 0.3) is 0 Å². The van der Waals surface area contributed by atoms with Crippen LogP contribution in [0.15, 0.2) is 72.8 Å². The molecule has 0 spiro atoms. The first kappa shape index (κ1) is 18.4. The van der Waals surface area contributed by atoms with Crippen LogP contribution in [0, 0.1) is 0 Å². The summed E-state index contributed by atoms with van der Waals surface area (Å²) in [5.74, 6) is -0.257. The summed E-state index contributed by atoms with van der Waals surface area (Å²) in [5.41, 5.74) is -0.364. The Balaban J connectivity index is 2.31. The number of ketones is 1. The van der Waals surface area contributed by atoms with Gasteiger partial charge < -0.3 is 5.11 Å². The maximum absolute atomic E-state index is 13.0. The molecule has 0 aliphatic heterocycles. The second kappa shape index (κ2) is 7.73. The predicted molar refractivity (Wildman–Crippen MR) is 103 cm³/mol. The number of Topliss-reactive ketones (excluding diaryl/α,β-unsaturated/α-hetero) is 1. The normalized spacial score (nSPS) is 14.5. The SMILES string of the molecule is C[Si](C)(C)C/C=C/CC(O)(C(=O)c1ccccc1)c1ccccc1. The highest BCUT2D eigenvalue weighted by Gasteiger charge is 2.37. The first-order chi connectivity index (χ1) is 11.3. The molecule has 0 aromatic heterocycles. The van der Waals surface area contributed by atoms with E-state index in [0.717, 1.165) is 6.04 Å². The summed E-state index contributed by atoms with van der Waals surface area (Å²) < 4.78 is 0. The Hall–Kier alpha value is -1.97. The van der Waals surface area contributed by atoms with Gasteiger partial charge in [-0.25, -0.2) is 0 Å². The van der Waals surface area contributed by atoms with Gasteiger partial charge in [-0.2, -0.15) is 0 Å². The van der Waals surface area contributed by atoms with Gasteiger partial charge in [0.25, 0.3) is 0 Å². The highest BCUT2D eigenvalue weighted by atomic mass is 28.3. The molecule has 1 N–H and O–H groups in total. The van der Waals surface area contributed by atoms with E-state index in [9.17, 15) is 9.90 Å². The number of hydrogen-bond donors (Lipinski definition) is 1. The van der Waals surface area contributed by atoms with Crippen molar-refractivity contribution in [3.63, 3.8) is 0 Å². The van der Waals surface area contributed by atoms with Gasteiger partial charge in [0.05, 0.1) is 0 Å². The van der Waals surface area contributed by atoms with Crippen molar-refractivity contribution in [2.24, 2.45) is 0 Å². The lowest BCUT2D eigenvalue weighted by atomic mass is 9.83. The fourth-order valence-electron chi connectivity index (χ4n) is 2.57. The molecule has 0 heterocycles. The van der Waals surface area contributed by atoms with Crippen molar-refractivity contribution >= 4 is 13.9 Å². The number of rotatable bonds is 7. The summed E-state index contributed by atoms with van der Waals surface area (Å²) in [7, 11) is -1.18. The molecule has 0 saturated carbocycles. The van der Waals surface area contributed by atoms with E-state index in [1.165, 1.54) is 0 Å². The third kappa shape index (κ3) is 4.76. The molecular weight excluding hydrogens is 312 g/mol. The van der Waals surface area contributed by atoms with E-state index in [2.05, 4.69) is 25.7 Å². The first-order valence-electron chi connectivity index (χ1n) is 8.36. The van der Waals surface area contributed by atoms with Gasteiger partial charge in [-0.05, 0) is 11.6 Å². The van der Waals surface area contributed by atoms with Gasteiger partial charge in [-0.15, -0.1) is 0 Å². The number of carbonyl (C=O) groups excluding carboxylic acids is 1. The number of hydrogen-bond acceptors (Lipinski definition) is 2. The van der Waals surface area contributed by atoms with Gasteiger partial charge in [-0.3, -0.25) is 4.79 Å². The van der Waals surface area contributed by atoms with Gasteiger partial charge in [0.1, 0.15) is 0 Å². The van der Waals surface area contributed by atoms with Crippen LogP contribution in [0.4, 0.5) is 0 Å². The minimum Gasteiger partial charge on any atom is -0.377 e. The molecule has 0 bridgehead atoms. The van der Waals surface area contributed by atoms with Crippen molar-refractivity contribution in [1.82, 2.24) is 0 Å². The summed E-state index contributed by atoms with van der Waals surface area (Å²) in [5, 5.41) is 11.2. The van der Waals surface area contributed by atoms with Crippen LogP contribution in [0.5, 0.6) is 0 Å². The summed E-state index contributed by atoms with van der Waals surface area (Å²) >= 11 is 0. The van der Waals surface area contributed by atoms with E-state index < -0.39 is 13.7 Å². The van der Waals surface area contributed by atoms with Crippen LogP contribution in [0.3, 0.4) is 0 Å². The van der Waals surface area contributed by atoms with Crippen molar-refractivity contribution in [1.29, 1.82) is 0 Å². The number of allylic oxidation sites excluding steroid dienone is 1. The smallest absolute Gasteiger partial charge is 0.199 e. The minimum absolute atomic E-state index is 0.257. The van der Waals surface area contributed by atoms with E-state index in [4.69, 9.17) is 0 Å². The molecule has 1 unspecified atom stereocenters. The Morgan fingerprint density at radius 2 is 1.50 bits per heavy atom. The van der Waals surface area contributed by atoms with E-state index >= 15 is 0 Å². The zero-order valence-corrected chi connectivity index (χ0v) is 15.7. The topological polar surface area (TPSA) is 37.3 Å². The van der Waals surface area contributed by atoms with E-state index in [-0.39, 0.29) is 12.2 Å². The maximum Gasteiger partial charge on any atom is 0.199 e. The second-order valence-electron chi connectivity index (χ2n) is 7.36. The van der Waals surface area contributed by atoms with Crippen molar-refractivity contribution in [2.45, 2.75) is 37.7 Å². The van der Waals surface area contributed by atoms with E-state index in [0.29, 0.717) is 11.1 Å². The molecule has 0 amide bonds. The Morgan fingerprint density at radius 1 is 0.958 bits per heavy atom. The summed E-state index contributed by atoms with van der Waals surface area (Å²) in [6.45, 7) is 6.90. The molecule has 24 heavy (non-hydrogen) atoms. The Morgan fingerprint density at radius 3 is 2.04 bits per heavy atom. The molecule has 3 heteroatoms. The maximum atomic E-state index is 13.0. The third-order valence-electron chi connectivity index (χ3n) is 3.97. The molecule has 0 radical (unpaired) electrons. The van der Waals surface area contributed by atoms with Gasteiger partial charge >= 0.3 is 0 Å². The number of aliphatic hydroxyl groups is 1. The lowest BCUT2D eigenvalue weighted by molar-refractivity contribution is 0.0312. The van der Waals surface area contributed by atoms with Crippen molar-refractivity contribution in [3.8, 4) is 0 Å². The molecule has 0 saturated heterocycles. The molecule has 0 aliphatic carbocycles.